The fourth-order valence-corrected chi connectivity index (χ4v) is 4.45. The van der Waals surface area contributed by atoms with Gasteiger partial charge in [-0.05, 0) is 54.5 Å². The van der Waals surface area contributed by atoms with Gasteiger partial charge in [-0.3, -0.25) is 19.4 Å². The molecule has 0 spiro atoms. The van der Waals surface area contributed by atoms with E-state index in [1.165, 1.54) is 24.1 Å². The van der Waals surface area contributed by atoms with Gasteiger partial charge in [0.05, 0.1) is 25.2 Å². The summed E-state index contributed by atoms with van der Waals surface area (Å²) >= 11 is 0. The summed E-state index contributed by atoms with van der Waals surface area (Å²) in [7, 11) is 1.45. The Hall–Kier alpha value is -3.57. The van der Waals surface area contributed by atoms with Crippen molar-refractivity contribution in [1.29, 1.82) is 0 Å². The molecule has 39 heavy (non-hydrogen) atoms. The van der Waals surface area contributed by atoms with E-state index in [1.807, 2.05) is 13.0 Å². The maximum atomic E-state index is 14.7. The highest BCUT2D eigenvalue weighted by molar-refractivity contribution is 5.91. The summed E-state index contributed by atoms with van der Waals surface area (Å²) in [6.45, 7) is 2.82. The normalized spacial score (nSPS) is 19.8. The number of nitrogens with zero attached hydrogens (tertiary/aromatic N) is 2. The van der Waals surface area contributed by atoms with Crippen LogP contribution in [0.15, 0.2) is 36.7 Å². The number of amides is 3. The van der Waals surface area contributed by atoms with Gasteiger partial charge in [-0.25, -0.2) is 4.39 Å². The smallest absolute Gasteiger partial charge is 0.243 e. The highest BCUT2D eigenvalue weighted by atomic mass is 19.1. The van der Waals surface area contributed by atoms with Crippen LogP contribution in [0.3, 0.4) is 0 Å². The Morgan fingerprint density at radius 2 is 2.05 bits per heavy atom. The molecule has 2 aliphatic heterocycles. The van der Waals surface area contributed by atoms with Gasteiger partial charge < -0.3 is 31.1 Å². The molecular weight excluding hydrogens is 505 g/mol. The van der Waals surface area contributed by atoms with Crippen molar-refractivity contribution in [2.75, 3.05) is 20.2 Å². The molecule has 0 fully saturated rings. The van der Waals surface area contributed by atoms with Crippen LogP contribution in [0.1, 0.15) is 49.3 Å². The van der Waals surface area contributed by atoms with Crippen LogP contribution in [-0.4, -0.2) is 71.1 Å². The molecule has 11 heteroatoms. The molecule has 1 aromatic heterocycles. The van der Waals surface area contributed by atoms with Gasteiger partial charge in [0.2, 0.25) is 17.7 Å². The summed E-state index contributed by atoms with van der Waals surface area (Å²) < 4.78 is 20.3. The van der Waals surface area contributed by atoms with Gasteiger partial charge in [0.15, 0.2) is 11.6 Å². The molecule has 0 saturated carbocycles. The number of aliphatic hydroxyl groups is 1. The molecule has 0 aliphatic carbocycles. The number of carbonyl (C=O) groups excluding carboxylic acids is 3. The van der Waals surface area contributed by atoms with Gasteiger partial charge >= 0.3 is 0 Å². The van der Waals surface area contributed by atoms with Gasteiger partial charge in [-0.1, -0.05) is 19.1 Å². The predicted molar refractivity (Wildman–Crippen MR) is 143 cm³/mol. The first-order valence-corrected chi connectivity index (χ1v) is 13.2. The lowest BCUT2D eigenvalue weighted by molar-refractivity contribution is -0.141. The third kappa shape index (κ3) is 9.00. The van der Waals surface area contributed by atoms with E-state index >= 15 is 0 Å². The van der Waals surface area contributed by atoms with Crippen molar-refractivity contribution in [1.82, 2.24) is 20.5 Å². The maximum absolute atomic E-state index is 14.7. The summed E-state index contributed by atoms with van der Waals surface area (Å²) in [5.74, 6) is -2.15. The minimum Gasteiger partial charge on any atom is -0.491 e. The zero-order valence-electron chi connectivity index (χ0n) is 22.5. The summed E-state index contributed by atoms with van der Waals surface area (Å²) in [5.41, 5.74) is 7.96. The molecule has 2 bridgehead atoms. The summed E-state index contributed by atoms with van der Waals surface area (Å²) in [6, 6.07) is 4.53. The first-order chi connectivity index (χ1) is 18.7. The molecule has 3 amide bonds. The fraction of sp³-hybridized carbons (Fsp3) is 0.500. The van der Waals surface area contributed by atoms with Gasteiger partial charge in [0.25, 0.3) is 0 Å². The number of rotatable bonds is 8. The van der Waals surface area contributed by atoms with Crippen LogP contribution in [0, 0.1) is 5.82 Å². The molecule has 4 rings (SSSR count). The number of aryl methyl sites for hydroxylation is 1. The number of likely N-dealkylation sites (N-methyl/N-ethyl adjacent to an activating group) is 1. The highest BCUT2D eigenvalue weighted by Crippen LogP contribution is 2.21. The summed E-state index contributed by atoms with van der Waals surface area (Å²) in [6.07, 6.45) is 4.11. The molecular formula is C28H38FN5O5. The molecule has 10 nitrogen and oxygen atoms in total. The van der Waals surface area contributed by atoms with Crippen molar-refractivity contribution in [3.05, 3.63) is 59.2 Å². The van der Waals surface area contributed by atoms with Gasteiger partial charge in [0.1, 0.15) is 6.04 Å². The molecule has 0 saturated heterocycles. The number of aromatic nitrogens is 1. The first kappa shape index (κ1) is 30.0. The van der Waals surface area contributed by atoms with E-state index < -0.39 is 35.8 Å². The number of ether oxygens (including phenoxy) is 1. The molecule has 2 aromatic rings. The van der Waals surface area contributed by atoms with Gasteiger partial charge in [-0.15, -0.1) is 0 Å². The van der Waals surface area contributed by atoms with Crippen molar-refractivity contribution in [3.8, 4) is 5.75 Å². The Kier molecular flexibility index (Phi) is 11.2. The first-order valence-electron chi connectivity index (χ1n) is 13.2. The highest BCUT2D eigenvalue weighted by Gasteiger charge is 2.32. The Bertz CT molecular complexity index is 1150. The fourth-order valence-electron chi connectivity index (χ4n) is 4.45. The SMILES string of the molecule is CCc1cncc(CNC[C@@H](O)[C@@H]2Cc3ccc(c(F)c3)OCCCCC(=O)N(C)[C@@H](CC(N)=O)C(=O)N2)c1. The largest absolute Gasteiger partial charge is 0.491 e. The van der Waals surface area contributed by atoms with E-state index in [1.54, 1.807) is 18.5 Å². The van der Waals surface area contributed by atoms with E-state index in [0.717, 1.165) is 17.5 Å². The van der Waals surface area contributed by atoms with Crippen LogP contribution in [0.2, 0.25) is 0 Å². The maximum Gasteiger partial charge on any atom is 0.243 e. The van der Waals surface area contributed by atoms with E-state index in [9.17, 15) is 23.9 Å². The second kappa shape index (κ2) is 14.5. The minimum atomic E-state index is -1.15. The van der Waals surface area contributed by atoms with E-state index in [2.05, 4.69) is 15.6 Å². The minimum absolute atomic E-state index is 0.0968. The number of aliphatic hydroxyl groups excluding tert-OH is 1. The zero-order chi connectivity index (χ0) is 28.4. The van der Waals surface area contributed by atoms with Crippen molar-refractivity contribution in [3.63, 3.8) is 0 Å². The lowest BCUT2D eigenvalue weighted by atomic mass is 9.99. The van der Waals surface area contributed by atoms with E-state index in [-0.39, 0.29) is 44.1 Å². The standard InChI is InChI=1S/C28H38FN5O5/c1-3-18-10-20(15-31-14-18)16-32-17-24(35)22-12-19-7-8-25(21(29)11-19)39-9-5-4-6-27(37)34(2)23(13-26(30)36)28(38)33-22/h7-8,10-11,14-15,22-24,32,35H,3-6,9,12-13,16-17H2,1-2H3,(H2,30,36)(H,33,38)/t22-,23-,24+/m0/s1. The van der Waals surface area contributed by atoms with Crippen LogP contribution < -0.4 is 21.1 Å². The molecule has 0 unspecified atom stereocenters. The van der Waals surface area contributed by atoms with Gasteiger partial charge in [-0.2, -0.15) is 0 Å². The summed E-state index contributed by atoms with van der Waals surface area (Å²) in [5, 5.41) is 17.0. The lowest BCUT2D eigenvalue weighted by Crippen LogP contribution is -2.55. The monoisotopic (exact) mass is 543 g/mol. The molecule has 0 radical (unpaired) electrons. The molecule has 5 N–H and O–H groups in total. The van der Waals surface area contributed by atoms with E-state index in [4.69, 9.17) is 10.5 Å². The number of halogens is 1. The number of benzene rings is 1. The summed E-state index contributed by atoms with van der Waals surface area (Å²) in [4.78, 5) is 43.3. The van der Waals surface area contributed by atoms with Crippen LogP contribution in [-0.2, 0) is 33.8 Å². The number of fused-ring (bicyclic) bond motifs is 13. The number of hydrogen-bond donors (Lipinski definition) is 4. The van der Waals surface area contributed by atoms with Crippen LogP contribution in [0.5, 0.6) is 5.75 Å². The number of pyridine rings is 1. The number of nitrogens with two attached hydrogens (primary N) is 1. The Labute approximate surface area is 228 Å². The van der Waals surface area contributed by atoms with Crippen molar-refractivity contribution in [2.45, 2.75) is 70.2 Å². The number of primary amides is 1. The average molecular weight is 544 g/mol. The zero-order valence-corrected chi connectivity index (χ0v) is 22.5. The predicted octanol–water partition coefficient (Wildman–Crippen LogP) is 1.23. The number of hydrogen-bond acceptors (Lipinski definition) is 7. The Morgan fingerprint density at radius 1 is 1.28 bits per heavy atom. The number of carbonyl (C=O) groups is 3. The topological polar surface area (TPSA) is 147 Å². The van der Waals surface area contributed by atoms with Crippen molar-refractivity contribution >= 4 is 17.7 Å². The third-order valence-electron chi connectivity index (χ3n) is 6.79. The van der Waals surface area contributed by atoms with Crippen LogP contribution in [0.25, 0.3) is 0 Å². The Balaban J connectivity index is 1.82. The lowest BCUT2D eigenvalue weighted by Gasteiger charge is -2.31. The van der Waals surface area contributed by atoms with Crippen LogP contribution in [0.4, 0.5) is 4.39 Å². The molecule has 3 atom stereocenters. The van der Waals surface area contributed by atoms with Gasteiger partial charge in [0, 0.05) is 39.0 Å². The van der Waals surface area contributed by atoms with Crippen molar-refractivity contribution < 1.29 is 28.6 Å². The molecule has 3 heterocycles. The molecule has 2 aliphatic rings. The van der Waals surface area contributed by atoms with Crippen molar-refractivity contribution in [2.24, 2.45) is 5.73 Å². The third-order valence-corrected chi connectivity index (χ3v) is 6.79. The van der Waals surface area contributed by atoms with Crippen LogP contribution >= 0.6 is 0 Å². The molecule has 1 aromatic carbocycles. The second-order valence-electron chi connectivity index (χ2n) is 9.83. The molecule has 212 valence electrons. The van der Waals surface area contributed by atoms with E-state index in [0.29, 0.717) is 24.9 Å². The average Bonchev–Trinajstić information content (AvgIpc) is 2.91. The Morgan fingerprint density at radius 3 is 2.77 bits per heavy atom. The quantitative estimate of drug-likeness (QED) is 0.392. The second-order valence-corrected chi connectivity index (χ2v) is 9.83. The number of nitrogens with one attached hydrogen (secondary N) is 2.